The number of carbonyl (C=O) groups excluding carboxylic acids is 1. The van der Waals surface area contributed by atoms with Gasteiger partial charge < -0.3 is 10.1 Å². The van der Waals surface area contributed by atoms with Gasteiger partial charge in [-0.1, -0.05) is 28.1 Å². The molecule has 0 saturated heterocycles. The van der Waals surface area contributed by atoms with Crippen molar-refractivity contribution >= 4 is 27.6 Å². The maximum absolute atomic E-state index is 13.9. The Bertz CT molecular complexity index is 664. The number of carbonyl (C=O) groups is 1. The first-order chi connectivity index (χ1) is 10.0. The molecule has 110 valence electrons. The third-order valence-electron chi connectivity index (χ3n) is 2.85. The van der Waals surface area contributed by atoms with E-state index in [0.29, 0.717) is 5.69 Å². The summed E-state index contributed by atoms with van der Waals surface area (Å²) in [6, 6.07) is 9.02. The quantitative estimate of drug-likeness (QED) is 0.840. The van der Waals surface area contributed by atoms with Crippen LogP contribution in [-0.2, 0) is 9.53 Å². The SMILES string of the molecule is COC(=O)C(Nc1cccc(Br)c1)c1ccc(F)cc1F. The van der Waals surface area contributed by atoms with Crippen molar-refractivity contribution in [2.45, 2.75) is 6.04 Å². The molecule has 21 heavy (non-hydrogen) atoms. The number of hydrogen-bond acceptors (Lipinski definition) is 3. The molecule has 1 unspecified atom stereocenters. The molecule has 2 aromatic carbocycles. The van der Waals surface area contributed by atoms with Gasteiger partial charge >= 0.3 is 5.97 Å². The van der Waals surface area contributed by atoms with E-state index >= 15 is 0 Å². The van der Waals surface area contributed by atoms with Gasteiger partial charge in [-0.3, -0.25) is 0 Å². The first-order valence-corrected chi connectivity index (χ1v) is 6.85. The topological polar surface area (TPSA) is 38.3 Å². The molecule has 0 bridgehead atoms. The fourth-order valence-corrected chi connectivity index (χ4v) is 2.26. The summed E-state index contributed by atoms with van der Waals surface area (Å²) in [6.45, 7) is 0. The van der Waals surface area contributed by atoms with Gasteiger partial charge in [-0.15, -0.1) is 0 Å². The predicted octanol–water partition coefficient (Wildman–Crippen LogP) is 4.05. The van der Waals surface area contributed by atoms with E-state index in [0.717, 1.165) is 16.6 Å². The molecular weight excluding hydrogens is 344 g/mol. The van der Waals surface area contributed by atoms with Crippen LogP contribution in [0.25, 0.3) is 0 Å². The Hall–Kier alpha value is -1.95. The fraction of sp³-hybridized carbons (Fsp3) is 0.133. The van der Waals surface area contributed by atoms with Crippen LogP contribution < -0.4 is 5.32 Å². The number of benzene rings is 2. The summed E-state index contributed by atoms with van der Waals surface area (Å²) in [4.78, 5) is 11.9. The molecule has 0 aliphatic rings. The summed E-state index contributed by atoms with van der Waals surface area (Å²) < 4.78 is 32.4. The molecule has 0 aliphatic carbocycles. The van der Waals surface area contributed by atoms with E-state index in [9.17, 15) is 13.6 Å². The van der Waals surface area contributed by atoms with E-state index in [2.05, 4.69) is 26.0 Å². The van der Waals surface area contributed by atoms with E-state index in [1.54, 1.807) is 18.2 Å². The molecule has 0 fully saturated rings. The molecule has 0 radical (unpaired) electrons. The molecule has 2 rings (SSSR count). The normalized spacial score (nSPS) is 11.8. The van der Waals surface area contributed by atoms with Crippen molar-refractivity contribution in [1.82, 2.24) is 0 Å². The Morgan fingerprint density at radius 2 is 2.00 bits per heavy atom. The molecule has 0 aromatic heterocycles. The highest BCUT2D eigenvalue weighted by Crippen LogP contribution is 2.25. The summed E-state index contributed by atoms with van der Waals surface area (Å²) in [5.41, 5.74) is 0.617. The molecule has 6 heteroatoms. The maximum Gasteiger partial charge on any atom is 0.333 e. The minimum Gasteiger partial charge on any atom is -0.467 e. The maximum atomic E-state index is 13.9. The van der Waals surface area contributed by atoms with Crippen LogP contribution in [0.1, 0.15) is 11.6 Å². The molecule has 1 atom stereocenters. The van der Waals surface area contributed by atoms with Gasteiger partial charge in [0.2, 0.25) is 0 Å². The van der Waals surface area contributed by atoms with Gasteiger partial charge in [0, 0.05) is 21.8 Å². The number of rotatable bonds is 4. The Morgan fingerprint density at radius 3 is 2.62 bits per heavy atom. The summed E-state index contributed by atoms with van der Waals surface area (Å²) in [6.07, 6.45) is 0. The van der Waals surface area contributed by atoms with Gasteiger partial charge in [0.05, 0.1) is 7.11 Å². The lowest BCUT2D eigenvalue weighted by Gasteiger charge is -2.18. The Kier molecular flexibility index (Phi) is 4.90. The predicted molar refractivity (Wildman–Crippen MR) is 78.9 cm³/mol. The highest BCUT2D eigenvalue weighted by molar-refractivity contribution is 9.10. The number of esters is 1. The van der Waals surface area contributed by atoms with Crippen LogP contribution in [0.3, 0.4) is 0 Å². The molecule has 0 heterocycles. The van der Waals surface area contributed by atoms with Crippen molar-refractivity contribution in [3.8, 4) is 0 Å². The smallest absolute Gasteiger partial charge is 0.333 e. The number of ether oxygens (including phenoxy) is 1. The van der Waals surface area contributed by atoms with Crippen LogP contribution in [0.15, 0.2) is 46.9 Å². The minimum atomic E-state index is -1.06. The largest absolute Gasteiger partial charge is 0.467 e. The van der Waals surface area contributed by atoms with Crippen molar-refractivity contribution < 1.29 is 18.3 Å². The summed E-state index contributed by atoms with van der Waals surface area (Å²) in [7, 11) is 1.21. The average molecular weight is 356 g/mol. The van der Waals surface area contributed by atoms with E-state index < -0.39 is 23.6 Å². The Morgan fingerprint density at radius 1 is 1.24 bits per heavy atom. The second-order valence-corrected chi connectivity index (χ2v) is 5.19. The van der Waals surface area contributed by atoms with E-state index in [1.807, 2.05) is 6.07 Å². The van der Waals surface area contributed by atoms with Crippen LogP contribution in [0.2, 0.25) is 0 Å². The molecule has 0 aliphatic heterocycles. The monoisotopic (exact) mass is 355 g/mol. The number of halogens is 3. The van der Waals surface area contributed by atoms with Gasteiger partial charge in [0.15, 0.2) is 6.04 Å². The lowest BCUT2D eigenvalue weighted by atomic mass is 10.1. The molecular formula is C15H12BrF2NO2. The molecule has 0 spiro atoms. The zero-order valence-electron chi connectivity index (χ0n) is 11.1. The van der Waals surface area contributed by atoms with Gasteiger partial charge in [-0.2, -0.15) is 0 Å². The Labute approximate surface area is 129 Å². The number of nitrogens with one attached hydrogen (secondary N) is 1. The van der Waals surface area contributed by atoms with Gasteiger partial charge in [-0.25, -0.2) is 13.6 Å². The molecule has 0 saturated carbocycles. The van der Waals surface area contributed by atoms with Gasteiger partial charge in [0.1, 0.15) is 11.6 Å². The van der Waals surface area contributed by atoms with Crippen molar-refractivity contribution in [3.63, 3.8) is 0 Å². The number of anilines is 1. The molecule has 0 amide bonds. The zero-order chi connectivity index (χ0) is 15.4. The van der Waals surface area contributed by atoms with E-state index in [4.69, 9.17) is 0 Å². The highest BCUT2D eigenvalue weighted by Gasteiger charge is 2.24. The first kappa shape index (κ1) is 15.4. The number of methoxy groups -OCH3 is 1. The van der Waals surface area contributed by atoms with Crippen LogP contribution in [0, 0.1) is 11.6 Å². The van der Waals surface area contributed by atoms with Crippen molar-refractivity contribution in [1.29, 1.82) is 0 Å². The zero-order valence-corrected chi connectivity index (χ0v) is 12.7. The van der Waals surface area contributed by atoms with Crippen molar-refractivity contribution in [3.05, 3.63) is 64.1 Å². The van der Waals surface area contributed by atoms with Gasteiger partial charge in [0.25, 0.3) is 0 Å². The second-order valence-electron chi connectivity index (χ2n) is 4.28. The highest BCUT2D eigenvalue weighted by atomic mass is 79.9. The van der Waals surface area contributed by atoms with Crippen LogP contribution in [0.5, 0.6) is 0 Å². The number of hydrogen-bond donors (Lipinski definition) is 1. The van der Waals surface area contributed by atoms with Crippen LogP contribution in [-0.4, -0.2) is 13.1 Å². The third-order valence-corrected chi connectivity index (χ3v) is 3.34. The fourth-order valence-electron chi connectivity index (χ4n) is 1.86. The first-order valence-electron chi connectivity index (χ1n) is 6.06. The summed E-state index contributed by atoms with van der Waals surface area (Å²) in [5, 5.41) is 2.88. The lowest BCUT2D eigenvalue weighted by molar-refractivity contribution is -0.141. The van der Waals surface area contributed by atoms with Crippen molar-refractivity contribution in [2.24, 2.45) is 0 Å². The van der Waals surface area contributed by atoms with Crippen LogP contribution in [0.4, 0.5) is 14.5 Å². The van der Waals surface area contributed by atoms with Crippen LogP contribution >= 0.6 is 15.9 Å². The molecule has 3 nitrogen and oxygen atoms in total. The minimum absolute atomic E-state index is 0.0169. The summed E-state index contributed by atoms with van der Waals surface area (Å²) >= 11 is 3.31. The molecule has 2 aromatic rings. The molecule has 1 N–H and O–H groups in total. The van der Waals surface area contributed by atoms with E-state index in [1.165, 1.54) is 13.2 Å². The average Bonchev–Trinajstić information content (AvgIpc) is 2.45. The summed E-state index contributed by atoms with van der Waals surface area (Å²) in [5.74, 6) is -2.18. The lowest BCUT2D eigenvalue weighted by Crippen LogP contribution is -2.23. The Balaban J connectivity index is 2.37. The van der Waals surface area contributed by atoms with E-state index in [-0.39, 0.29) is 5.56 Å². The third kappa shape index (κ3) is 3.78. The van der Waals surface area contributed by atoms with Crippen molar-refractivity contribution in [2.75, 3.05) is 12.4 Å². The second kappa shape index (κ2) is 6.67. The van der Waals surface area contributed by atoms with Gasteiger partial charge in [-0.05, 0) is 24.3 Å². The standard InChI is InChI=1S/C15H12BrF2NO2/c1-21-15(20)14(12-6-5-10(17)8-13(12)18)19-11-4-2-3-9(16)7-11/h2-8,14,19H,1H3.